The molecule has 0 radical (unpaired) electrons. The van der Waals surface area contributed by atoms with Gasteiger partial charge in [0.05, 0.1) is 16.9 Å². The molecule has 0 unspecified atom stereocenters. The molecule has 1 fully saturated rings. The minimum atomic E-state index is -4.44. The normalized spacial score (nSPS) is 13.4. The van der Waals surface area contributed by atoms with Crippen molar-refractivity contribution >= 4 is 22.8 Å². The summed E-state index contributed by atoms with van der Waals surface area (Å²) in [5.74, 6) is 0.116. The lowest BCUT2D eigenvalue weighted by Crippen LogP contribution is -2.22. The first kappa shape index (κ1) is 24.5. The van der Waals surface area contributed by atoms with Crippen LogP contribution in [-0.4, -0.2) is 58.5 Å². The molecule has 39 heavy (non-hydrogen) atoms. The van der Waals surface area contributed by atoms with Gasteiger partial charge in [0.2, 0.25) is 5.95 Å². The van der Waals surface area contributed by atoms with Crippen LogP contribution in [0.15, 0.2) is 61.4 Å². The first-order valence-electron chi connectivity index (χ1n) is 12.1. The first-order chi connectivity index (χ1) is 18.9. The van der Waals surface area contributed by atoms with Gasteiger partial charge in [-0.25, -0.2) is 29.6 Å². The molecule has 0 spiro atoms. The summed E-state index contributed by atoms with van der Waals surface area (Å²) in [6.45, 7) is -0.926. The number of benzene rings is 1. The van der Waals surface area contributed by atoms with Crippen LogP contribution in [0.1, 0.15) is 18.4 Å². The summed E-state index contributed by atoms with van der Waals surface area (Å²) >= 11 is 0. The molecule has 1 aromatic carbocycles. The maximum atomic E-state index is 13.0. The van der Waals surface area contributed by atoms with Crippen molar-refractivity contribution in [3.8, 4) is 23.0 Å². The minimum absolute atomic E-state index is 0.0437. The number of rotatable bonds is 9. The Kier molecular flexibility index (Phi) is 6.34. The number of nitrogens with zero attached hydrogens (tertiary/aromatic N) is 8. The highest BCUT2D eigenvalue weighted by Crippen LogP contribution is 2.28. The van der Waals surface area contributed by atoms with Gasteiger partial charge in [-0.2, -0.15) is 23.3 Å². The molecule has 0 amide bonds. The Labute approximate surface area is 219 Å². The quantitative estimate of drug-likeness (QED) is 0.284. The molecule has 1 saturated carbocycles. The maximum absolute atomic E-state index is 13.0. The zero-order valence-electron chi connectivity index (χ0n) is 20.3. The third-order valence-corrected chi connectivity index (χ3v) is 5.79. The highest BCUT2D eigenvalue weighted by Gasteiger charge is 2.28. The smallest absolute Gasteiger partial charge is 0.405 e. The molecule has 4 heterocycles. The van der Waals surface area contributed by atoms with Crippen LogP contribution < -0.4 is 15.4 Å². The van der Waals surface area contributed by atoms with Gasteiger partial charge in [0.25, 0.3) is 0 Å². The third-order valence-electron chi connectivity index (χ3n) is 5.79. The number of pyridine rings is 1. The van der Waals surface area contributed by atoms with Crippen LogP contribution in [0.4, 0.5) is 24.9 Å². The lowest BCUT2D eigenvalue weighted by Gasteiger charge is -2.13. The number of hydrogen-bond donors (Lipinski definition) is 2. The lowest BCUT2D eigenvalue weighted by molar-refractivity contribution is -0.115. The van der Waals surface area contributed by atoms with Crippen LogP contribution >= 0.6 is 0 Å². The van der Waals surface area contributed by atoms with Gasteiger partial charge in [-0.3, -0.25) is 0 Å². The lowest BCUT2D eigenvalue weighted by atomic mass is 10.2. The first-order valence-corrected chi connectivity index (χ1v) is 12.1. The molecule has 0 bridgehead atoms. The van der Waals surface area contributed by atoms with Crippen molar-refractivity contribution in [2.24, 2.45) is 0 Å². The van der Waals surface area contributed by atoms with E-state index in [9.17, 15) is 13.2 Å². The predicted molar refractivity (Wildman–Crippen MR) is 135 cm³/mol. The summed E-state index contributed by atoms with van der Waals surface area (Å²) in [5, 5.41) is 9.53. The second kappa shape index (κ2) is 10.1. The molecule has 11 nitrogen and oxygen atoms in total. The van der Waals surface area contributed by atoms with E-state index in [-0.39, 0.29) is 29.4 Å². The van der Waals surface area contributed by atoms with Crippen molar-refractivity contribution in [1.82, 2.24) is 39.7 Å². The largest absolute Gasteiger partial charge is 0.460 e. The molecule has 2 N–H and O–H groups in total. The van der Waals surface area contributed by atoms with Gasteiger partial charge in [0, 0.05) is 24.5 Å². The van der Waals surface area contributed by atoms with Gasteiger partial charge < -0.3 is 15.4 Å². The molecule has 1 aliphatic rings. The number of halogens is 3. The SMILES string of the molecule is FC(F)(F)CNc1nc(NCc2ccc(-n3cncn3)cc2)nc2ccc(-c3cnc(OC4CC4)nc3)nc12. The van der Waals surface area contributed by atoms with Crippen LogP contribution in [0.2, 0.25) is 0 Å². The fraction of sp³-hybridized carbons (Fsp3) is 0.240. The zero-order chi connectivity index (χ0) is 26.8. The average molecular weight is 535 g/mol. The fourth-order valence-corrected chi connectivity index (χ4v) is 3.69. The van der Waals surface area contributed by atoms with E-state index < -0.39 is 12.7 Å². The molecule has 0 aliphatic heterocycles. The Balaban J connectivity index is 1.24. The van der Waals surface area contributed by atoms with Crippen molar-refractivity contribution in [3.63, 3.8) is 0 Å². The van der Waals surface area contributed by atoms with E-state index in [0.717, 1.165) is 24.1 Å². The number of alkyl halides is 3. The summed E-state index contributed by atoms with van der Waals surface area (Å²) < 4.78 is 46.3. The third kappa shape index (κ3) is 6.00. The number of aromatic nitrogens is 8. The van der Waals surface area contributed by atoms with Crippen molar-refractivity contribution in [2.75, 3.05) is 17.2 Å². The molecular weight excluding hydrogens is 513 g/mol. The minimum Gasteiger partial charge on any atom is -0.460 e. The molecule has 5 aromatic rings. The Morgan fingerprint density at radius 2 is 1.74 bits per heavy atom. The van der Waals surface area contributed by atoms with E-state index in [1.54, 1.807) is 35.5 Å². The van der Waals surface area contributed by atoms with Gasteiger partial charge in [-0.05, 0) is 42.7 Å². The van der Waals surface area contributed by atoms with E-state index in [0.29, 0.717) is 23.3 Å². The summed E-state index contributed by atoms with van der Waals surface area (Å²) in [5.41, 5.74) is 3.37. The monoisotopic (exact) mass is 534 g/mol. The standard InChI is InChI=1S/C25H21F3N10O/c26-25(27,28)12-33-22-21-20(8-7-19(35-21)16-10-31-24(32-11-16)39-18-5-6-18)36-23(37-22)30-9-15-1-3-17(4-2-15)38-14-29-13-34-38/h1-4,7-8,10-11,13-14,18H,5-6,9,12H2,(H2,30,33,36,37). The Morgan fingerprint density at radius 1 is 0.949 bits per heavy atom. The van der Waals surface area contributed by atoms with Crippen molar-refractivity contribution < 1.29 is 17.9 Å². The van der Waals surface area contributed by atoms with Crippen LogP contribution in [0, 0.1) is 0 Å². The summed E-state index contributed by atoms with van der Waals surface area (Å²) in [7, 11) is 0. The Hall–Kier alpha value is -4.88. The van der Waals surface area contributed by atoms with E-state index >= 15 is 0 Å². The molecule has 0 saturated heterocycles. The molecule has 6 rings (SSSR count). The van der Waals surface area contributed by atoms with Crippen LogP contribution in [-0.2, 0) is 6.54 Å². The molecule has 0 atom stereocenters. The Morgan fingerprint density at radius 3 is 2.44 bits per heavy atom. The number of anilines is 2. The van der Waals surface area contributed by atoms with Crippen molar-refractivity contribution in [3.05, 3.63) is 67.0 Å². The summed E-state index contributed by atoms with van der Waals surface area (Å²) in [6.07, 6.45) is 3.85. The molecule has 1 aliphatic carbocycles. The highest BCUT2D eigenvalue weighted by atomic mass is 19.4. The van der Waals surface area contributed by atoms with Gasteiger partial charge >= 0.3 is 12.2 Å². The maximum Gasteiger partial charge on any atom is 0.405 e. The Bertz CT molecular complexity index is 1570. The molecule has 14 heteroatoms. The van der Waals surface area contributed by atoms with E-state index in [1.165, 1.54) is 6.33 Å². The predicted octanol–water partition coefficient (Wildman–Crippen LogP) is 4.19. The van der Waals surface area contributed by atoms with Gasteiger partial charge in [0.15, 0.2) is 5.82 Å². The molecule has 4 aromatic heterocycles. The second-order valence-electron chi connectivity index (χ2n) is 8.86. The van der Waals surface area contributed by atoms with Crippen LogP contribution in [0.25, 0.3) is 28.0 Å². The second-order valence-corrected chi connectivity index (χ2v) is 8.86. The zero-order valence-corrected chi connectivity index (χ0v) is 20.3. The van der Waals surface area contributed by atoms with Crippen LogP contribution in [0.3, 0.4) is 0 Å². The number of ether oxygens (including phenoxy) is 1. The van der Waals surface area contributed by atoms with Gasteiger partial charge in [0.1, 0.15) is 30.8 Å². The van der Waals surface area contributed by atoms with E-state index in [2.05, 4.69) is 45.6 Å². The number of nitrogens with one attached hydrogen (secondary N) is 2. The summed E-state index contributed by atoms with van der Waals surface area (Å²) in [4.78, 5) is 25.6. The van der Waals surface area contributed by atoms with E-state index in [1.807, 2.05) is 24.3 Å². The molecular formula is C25H21F3N10O. The van der Waals surface area contributed by atoms with Gasteiger partial charge in [-0.15, -0.1) is 0 Å². The van der Waals surface area contributed by atoms with Crippen LogP contribution in [0.5, 0.6) is 6.01 Å². The van der Waals surface area contributed by atoms with E-state index in [4.69, 9.17) is 4.74 Å². The number of hydrogen-bond acceptors (Lipinski definition) is 10. The number of fused-ring (bicyclic) bond motifs is 1. The van der Waals surface area contributed by atoms with Gasteiger partial charge in [-0.1, -0.05) is 12.1 Å². The average Bonchev–Trinajstić information content (AvgIpc) is 3.58. The fourth-order valence-electron chi connectivity index (χ4n) is 3.69. The van der Waals surface area contributed by atoms with Crippen molar-refractivity contribution in [1.29, 1.82) is 0 Å². The topological polar surface area (TPSA) is 128 Å². The molecule has 198 valence electrons. The van der Waals surface area contributed by atoms with Crippen molar-refractivity contribution in [2.45, 2.75) is 31.7 Å². The highest BCUT2D eigenvalue weighted by molar-refractivity contribution is 5.88. The summed E-state index contributed by atoms with van der Waals surface area (Å²) in [6, 6.07) is 11.2.